The van der Waals surface area contributed by atoms with Crippen LogP contribution in [0.15, 0.2) is 33.7 Å². The second kappa shape index (κ2) is 9.48. The molecule has 2 heterocycles. The lowest BCUT2D eigenvalue weighted by Gasteiger charge is -2.29. The average Bonchev–Trinajstić information content (AvgIpc) is 3.45. The van der Waals surface area contributed by atoms with E-state index in [1.807, 2.05) is 0 Å². The summed E-state index contributed by atoms with van der Waals surface area (Å²) in [4.78, 5) is 16.7. The standard InChI is InChI=1S/C22H30N4O4S/c1-16-12-14-26(15-13-16)31(28,29)19-8-6-17(7-9-19)22-24-21(30-25-22)11-10-20(27)23-18-4-2-3-5-18/h6-9,16,18H,2-5,10-15H2,1H3,(H,23,27). The molecule has 0 bridgehead atoms. The Morgan fingerprint density at radius 2 is 1.81 bits per heavy atom. The van der Waals surface area contributed by atoms with E-state index in [1.54, 1.807) is 28.6 Å². The summed E-state index contributed by atoms with van der Waals surface area (Å²) in [5.74, 6) is 1.36. The van der Waals surface area contributed by atoms with Crippen LogP contribution in [0.2, 0.25) is 0 Å². The second-order valence-electron chi connectivity index (χ2n) is 8.67. The predicted octanol–water partition coefficient (Wildman–Crippen LogP) is 3.15. The van der Waals surface area contributed by atoms with Gasteiger partial charge in [-0.05, 0) is 55.9 Å². The smallest absolute Gasteiger partial charge is 0.243 e. The van der Waals surface area contributed by atoms with Crippen LogP contribution in [0.25, 0.3) is 11.4 Å². The van der Waals surface area contributed by atoms with E-state index in [1.165, 1.54) is 12.8 Å². The first-order chi connectivity index (χ1) is 14.9. The largest absolute Gasteiger partial charge is 0.353 e. The number of rotatable bonds is 7. The second-order valence-corrected chi connectivity index (χ2v) is 10.6. The van der Waals surface area contributed by atoms with E-state index in [2.05, 4.69) is 22.4 Å². The van der Waals surface area contributed by atoms with Gasteiger partial charge in [-0.15, -0.1) is 0 Å². The van der Waals surface area contributed by atoms with Gasteiger partial charge in [-0.3, -0.25) is 4.79 Å². The molecule has 1 aromatic heterocycles. The summed E-state index contributed by atoms with van der Waals surface area (Å²) in [5.41, 5.74) is 0.677. The van der Waals surface area contributed by atoms with E-state index in [0.29, 0.717) is 55.2 Å². The zero-order valence-electron chi connectivity index (χ0n) is 17.9. The summed E-state index contributed by atoms with van der Waals surface area (Å²) in [6.07, 6.45) is 6.93. The summed E-state index contributed by atoms with van der Waals surface area (Å²) in [6, 6.07) is 6.87. The number of hydrogen-bond donors (Lipinski definition) is 1. The molecule has 2 fully saturated rings. The fraction of sp³-hybridized carbons (Fsp3) is 0.591. The SMILES string of the molecule is CC1CCN(S(=O)(=O)c2ccc(-c3noc(CCC(=O)NC4CCCC4)n3)cc2)CC1. The predicted molar refractivity (Wildman–Crippen MR) is 116 cm³/mol. The lowest BCUT2D eigenvalue weighted by molar-refractivity contribution is -0.121. The van der Waals surface area contributed by atoms with Crippen LogP contribution in [0.4, 0.5) is 0 Å². The van der Waals surface area contributed by atoms with Gasteiger partial charge in [0, 0.05) is 37.5 Å². The maximum absolute atomic E-state index is 12.9. The summed E-state index contributed by atoms with van der Waals surface area (Å²) in [7, 11) is -3.48. The number of sulfonamides is 1. The third-order valence-electron chi connectivity index (χ3n) is 6.25. The molecule has 2 aromatic rings. The molecular weight excluding hydrogens is 416 g/mol. The molecule has 31 heavy (non-hydrogen) atoms. The molecule has 0 atom stereocenters. The van der Waals surface area contributed by atoms with Crippen LogP contribution in [-0.2, 0) is 21.2 Å². The number of nitrogens with zero attached hydrogens (tertiary/aromatic N) is 3. The maximum atomic E-state index is 12.9. The highest BCUT2D eigenvalue weighted by Gasteiger charge is 2.28. The third kappa shape index (κ3) is 5.33. The van der Waals surface area contributed by atoms with Crippen molar-refractivity contribution in [3.05, 3.63) is 30.2 Å². The van der Waals surface area contributed by atoms with E-state index < -0.39 is 10.0 Å². The molecule has 2 aliphatic rings. The van der Waals surface area contributed by atoms with E-state index in [-0.39, 0.29) is 10.8 Å². The van der Waals surface area contributed by atoms with Crippen LogP contribution < -0.4 is 5.32 Å². The fourth-order valence-electron chi connectivity index (χ4n) is 4.21. The zero-order chi connectivity index (χ0) is 21.8. The number of aryl methyl sites for hydroxylation is 1. The lowest BCUT2D eigenvalue weighted by Crippen LogP contribution is -2.37. The van der Waals surface area contributed by atoms with Crippen molar-refractivity contribution in [2.45, 2.75) is 69.2 Å². The molecule has 1 N–H and O–H groups in total. The van der Waals surface area contributed by atoms with Gasteiger partial charge in [0.25, 0.3) is 0 Å². The molecule has 9 heteroatoms. The molecule has 1 amide bonds. The molecule has 168 valence electrons. The molecule has 0 spiro atoms. The minimum atomic E-state index is -3.48. The quantitative estimate of drug-likeness (QED) is 0.700. The average molecular weight is 447 g/mol. The van der Waals surface area contributed by atoms with E-state index in [0.717, 1.165) is 25.7 Å². The summed E-state index contributed by atoms with van der Waals surface area (Å²) < 4.78 is 32.5. The van der Waals surface area contributed by atoms with Gasteiger partial charge in [-0.25, -0.2) is 8.42 Å². The fourth-order valence-corrected chi connectivity index (χ4v) is 5.68. The van der Waals surface area contributed by atoms with Crippen molar-refractivity contribution in [1.82, 2.24) is 19.8 Å². The molecule has 1 saturated carbocycles. The van der Waals surface area contributed by atoms with E-state index in [4.69, 9.17) is 4.52 Å². The first-order valence-electron chi connectivity index (χ1n) is 11.1. The Labute approximate surface area is 183 Å². The zero-order valence-corrected chi connectivity index (χ0v) is 18.7. The van der Waals surface area contributed by atoms with Gasteiger partial charge < -0.3 is 9.84 Å². The molecular formula is C22H30N4O4S. The Bertz CT molecular complexity index is 989. The molecule has 0 unspecified atom stereocenters. The first kappa shape index (κ1) is 22.0. The van der Waals surface area contributed by atoms with Gasteiger partial charge >= 0.3 is 0 Å². The molecule has 0 radical (unpaired) electrons. The van der Waals surface area contributed by atoms with Crippen molar-refractivity contribution in [1.29, 1.82) is 0 Å². The van der Waals surface area contributed by atoms with Crippen molar-refractivity contribution in [3.63, 3.8) is 0 Å². The topological polar surface area (TPSA) is 105 Å². The van der Waals surface area contributed by atoms with Gasteiger partial charge in [-0.2, -0.15) is 9.29 Å². The van der Waals surface area contributed by atoms with Gasteiger partial charge in [0.15, 0.2) is 0 Å². The highest BCUT2D eigenvalue weighted by atomic mass is 32.2. The number of aromatic nitrogens is 2. The monoisotopic (exact) mass is 446 g/mol. The van der Waals surface area contributed by atoms with Crippen LogP contribution in [0.1, 0.15) is 57.8 Å². The van der Waals surface area contributed by atoms with E-state index in [9.17, 15) is 13.2 Å². The van der Waals surface area contributed by atoms with Crippen LogP contribution in [0, 0.1) is 5.92 Å². The number of amides is 1. The van der Waals surface area contributed by atoms with Crippen molar-refractivity contribution in [2.75, 3.05) is 13.1 Å². The molecule has 4 rings (SSSR count). The number of carbonyl (C=O) groups excluding carboxylic acids is 1. The molecule has 1 aliphatic heterocycles. The van der Waals surface area contributed by atoms with Gasteiger partial charge in [-0.1, -0.05) is 24.9 Å². The number of carbonyl (C=O) groups is 1. The Morgan fingerprint density at radius 3 is 2.48 bits per heavy atom. The Hall–Kier alpha value is -2.26. The Morgan fingerprint density at radius 1 is 1.13 bits per heavy atom. The van der Waals surface area contributed by atoms with Crippen LogP contribution in [-0.4, -0.2) is 47.9 Å². The molecule has 1 aromatic carbocycles. The van der Waals surface area contributed by atoms with Gasteiger partial charge in [0.1, 0.15) is 0 Å². The Kier molecular flexibility index (Phi) is 6.71. The Balaban J connectivity index is 1.35. The highest BCUT2D eigenvalue weighted by molar-refractivity contribution is 7.89. The first-order valence-corrected chi connectivity index (χ1v) is 12.6. The highest BCUT2D eigenvalue weighted by Crippen LogP contribution is 2.25. The summed E-state index contributed by atoms with van der Waals surface area (Å²) in [5, 5.41) is 7.03. The summed E-state index contributed by atoms with van der Waals surface area (Å²) in [6.45, 7) is 3.28. The van der Waals surface area contributed by atoms with Crippen LogP contribution >= 0.6 is 0 Å². The molecule has 1 saturated heterocycles. The van der Waals surface area contributed by atoms with Crippen molar-refractivity contribution in [2.24, 2.45) is 5.92 Å². The van der Waals surface area contributed by atoms with Crippen molar-refractivity contribution < 1.29 is 17.7 Å². The number of benzene rings is 1. The van der Waals surface area contributed by atoms with Gasteiger partial charge in [0.2, 0.25) is 27.6 Å². The van der Waals surface area contributed by atoms with Crippen molar-refractivity contribution in [3.8, 4) is 11.4 Å². The number of piperidine rings is 1. The molecule has 8 nitrogen and oxygen atoms in total. The van der Waals surface area contributed by atoms with Crippen LogP contribution in [0.3, 0.4) is 0 Å². The molecule has 1 aliphatic carbocycles. The minimum Gasteiger partial charge on any atom is -0.353 e. The van der Waals surface area contributed by atoms with Gasteiger partial charge in [0.05, 0.1) is 4.90 Å². The normalized spacial score (nSPS) is 19.0. The summed E-state index contributed by atoms with van der Waals surface area (Å²) >= 11 is 0. The van der Waals surface area contributed by atoms with E-state index >= 15 is 0 Å². The number of nitrogens with one attached hydrogen (secondary N) is 1. The number of hydrogen-bond acceptors (Lipinski definition) is 6. The third-order valence-corrected chi connectivity index (χ3v) is 8.16. The van der Waals surface area contributed by atoms with Crippen LogP contribution in [0.5, 0.6) is 0 Å². The lowest BCUT2D eigenvalue weighted by atomic mass is 10.0. The maximum Gasteiger partial charge on any atom is 0.243 e. The minimum absolute atomic E-state index is 0.00770. The van der Waals surface area contributed by atoms with Crippen molar-refractivity contribution >= 4 is 15.9 Å².